The van der Waals surface area contributed by atoms with Crippen molar-refractivity contribution in [2.24, 2.45) is 5.73 Å². The maximum Gasteiger partial charge on any atom is 0.134 e. The summed E-state index contributed by atoms with van der Waals surface area (Å²) in [6.45, 7) is 4.74. The molecule has 0 aliphatic rings. The first kappa shape index (κ1) is 14.1. The van der Waals surface area contributed by atoms with E-state index in [1.807, 2.05) is 13.0 Å². The highest BCUT2D eigenvalue weighted by atomic mass is 35.5. The Morgan fingerprint density at radius 3 is 2.75 bits per heavy atom. The molecule has 16 heavy (non-hydrogen) atoms. The molecule has 5 heteroatoms. The van der Waals surface area contributed by atoms with Crippen LogP contribution in [-0.2, 0) is 5.75 Å². The van der Waals surface area contributed by atoms with E-state index in [1.54, 1.807) is 11.8 Å². The van der Waals surface area contributed by atoms with Crippen LogP contribution in [0.1, 0.15) is 24.6 Å². The highest BCUT2D eigenvalue weighted by Crippen LogP contribution is 2.29. The molecule has 2 nitrogen and oxygen atoms in total. The van der Waals surface area contributed by atoms with Crippen molar-refractivity contribution in [3.8, 4) is 0 Å². The third-order valence-electron chi connectivity index (χ3n) is 2.23. The molecular formula is C11H16Cl2N2S. The molecule has 0 amide bonds. The number of hydrogen-bond acceptors (Lipinski definition) is 3. The third-order valence-corrected chi connectivity index (χ3v) is 4.14. The van der Waals surface area contributed by atoms with Crippen molar-refractivity contribution in [3.63, 3.8) is 0 Å². The number of pyridine rings is 1. The molecule has 1 rings (SSSR count). The molecule has 1 unspecified atom stereocenters. The summed E-state index contributed by atoms with van der Waals surface area (Å²) in [6.07, 6.45) is 0.999. The first-order valence-electron chi connectivity index (χ1n) is 5.17. The topological polar surface area (TPSA) is 38.9 Å². The molecule has 0 fully saturated rings. The number of nitrogens with two attached hydrogens (primary N) is 1. The van der Waals surface area contributed by atoms with Gasteiger partial charge in [0.1, 0.15) is 5.15 Å². The Morgan fingerprint density at radius 2 is 2.19 bits per heavy atom. The van der Waals surface area contributed by atoms with Crippen LogP contribution in [0, 0.1) is 6.92 Å². The van der Waals surface area contributed by atoms with Crippen LogP contribution in [-0.4, -0.2) is 16.8 Å². The molecule has 1 atom stereocenters. The summed E-state index contributed by atoms with van der Waals surface area (Å²) in [7, 11) is 0. The van der Waals surface area contributed by atoms with Crippen molar-refractivity contribution in [1.82, 2.24) is 4.98 Å². The van der Waals surface area contributed by atoms with E-state index in [9.17, 15) is 0 Å². The molecule has 1 aromatic heterocycles. The number of nitrogens with zero attached hydrogens (tertiary/aromatic N) is 1. The highest BCUT2D eigenvalue weighted by Gasteiger charge is 2.10. The SMILES string of the molecule is Cc1cc(Cl)c(CSC(C)CCN)c(Cl)n1. The van der Waals surface area contributed by atoms with Gasteiger partial charge >= 0.3 is 0 Å². The molecule has 0 aliphatic carbocycles. The molecule has 0 saturated carbocycles. The van der Waals surface area contributed by atoms with Crippen molar-refractivity contribution in [1.29, 1.82) is 0 Å². The molecule has 90 valence electrons. The lowest BCUT2D eigenvalue weighted by atomic mass is 10.3. The van der Waals surface area contributed by atoms with Gasteiger partial charge in [0.2, 0.25) is 0 Å². The van der Waals surface area contributed by atoms with Crippen LogP contribution < -0.4 is 5.73 Å². The lowest BCUT2D eigenvalue weighted by molar-refractivity contribution is 0.823. The minimum atomic E-state index is 0.512. The van der Waals surface area contributed by atoms with Gasteiger partial charge in [0, 0.05) is 27.3 Å². The Balaban J connectivity index is 2.67. The quantitative estimate of drug-likeness (QED) is 0.836. The largest absolute Gasteiger partial charge is 0.330 e. The molecule has 0 spiro atoms. The molecule has 0 radical (unpaired) electrons. The van der Waals surface area contributed by atoms with E-state index in [2.05, 4.69) is 11.9 Å². The summed E-state index contributed by atoms with van der Waals surface area (Å²) >= 11 is 14.0. The summed E-state index contributed by atoms with van der Waals surface area (Å²) < 4.78 is 0. The van der Waals surface area contributed by atoms with Crippen LogP contribution in [0.2, 0.25) is 10.2 Å². The van der Waals surface area contributed by atoms with E-state index in [4.69, 9.17) is 28.9 Å². The third kappa shape index (κ3) is 4.13. The Bertz CT molecular complexity index is 335. The van der Waals surface area contributed by atoms with Gasteiger partial charge in [-0.05, 0) is 26.0 Å². The second-order valence-electron chi connectivity index (χ2n) is 3.71. The van der Waals surface area contributed by atoms with Gasteiger partial charge in [-0.2, -0.15) is 11.8 Å². The first-order chi connectivity index (χ1) is 7.54. The second-order valence-corrected chi connectivity index (χ2v) is 5.91. The zero-order chi connectivity index (χ0) is 12.1. The predicted octanol–water partition coefficient (Wildman–Crippen LogP) is 3.67. The maximum absolute atomic E-state index is 6.13. The molecular weight excluding hydrogens is 263 g/mol. The summed E-state index contributed by atoms with van der Waals surface area (Å²) in [4.78, 5) is 4.20. The van der Waals surface area contributed by atoms with E-state index in [0.29, 0.717) is 22.0 Å². The number of thioether (sulfide) groups is 1. The zero-order valence-corrected chi connectivity index (χ0v) is 11.8. The van der Waals surface area contributed by atoms with Crippen molar-refractivity contribution in [2.75, 3.05) is 6.54 Å². The molecule has 0 bridgehead atoms. The lowest BCUT2D eigenvalue weighted by Gasteiger charge is -2.11. The van der Waals surface area contributed by atoms with Crippen molar-refractivity contribution in [2.45, 2.75) is 31.3 Å². The average molecular weight is 279 g/mol. The van der Waals surface area contributed by atoms with Crippen molar-refractivity contribution >= 4 is 35.0 Å². The summed E-state index contributed by atoms with van der Waals surface area (Å²) in [5, 5.41) is 1.72. The standard InChI is InChI=1S/C11H16Cl2N2S/c1-7-5-10(12)9(11(13)15-7)6-16-8(2)3-4-14/h5,8H,3-4,6,14H2,1-2H3. The summed E-state index contributed by atoms with van der Waals surface area (Å²) in [6, 6.07) is 1.84. The summed E-state index contributed by atoms with van der Waals surface area (Å²) in [5.74, 6) is 0.784. The first-order valence-corrected chi connectivity index (χ1v) is 6.98. The van der Waals surface area contributed by atoms with Gasteiger partial charge in [-0.3, -0.25) is 0 Å². The molecule has 0 saturated heterocycles. The van der Waals surface area contributed by atoms with E-state index in [1.165, 1.54) is 0 Å². The number of halogens is 2. The van der Waals surface area contributed by atoms with Crippen LogP contribution >= 0.6 is 35.0 Å². The van der Waals surface area contributed by atoms with Gasteiger partial charge in [-0.15, -0.1) is 0 Å². The van der Waals surface area contributed by atoms with Crippen LogP contribution in [0.3, 0.4) is 0 Å². The fraction of sp³-hybridized carbons (Fsp3) is 0.545. The minimum absolute atomic E-state index is 0.512. The highest BCUT2D eigenvalue weighted by molar-refractivity contribution is 7.99. The van der Waals surface area contributed by atoms with Crippen LogP contribution in [0.5, 0.6) is 0 Å². The normalized spacial score (nSPS) is 12.8. The number of hydrogen-bond donors (Lipinski definition) is 1. The van der Waals surface area contributed by atoms with Crippen LogP contribution in [0.25, 0.3) is 0 Å². The number of aromatic nitrogens is 1. The molecule has 0 aliphatic heterocycles. The van der Waals surface area contributed by atoms with Gasteiger partial charge in [0.25, 0.3) is 0 Å². The molecule has 2 N–H and O–H groups in total. The van der Waals surface area contributed by atoms with E-state index in [0.717, 1.165) is 23.4 Å². The van der Waals surface area contributed by atoms with Gasteiger partial charge in [0.15, 0.2) is 0 Å². The fourth-order valence-corrected chi connectivity index (χ4v) is 3.16. The summed E-state index contributed by atoms with van der Waals surface area (Å²) in [5.41, 5.74) is 7.27. The average Bonchev–Trinajstić information content (AvgIpc) is 2.16. The molecule has 1 aromatic rings. The minimum Gasteiger partial charge on any atom is -0.330 e. The Labute approximate surface area is 111 Å². The van der Waals surface area contributed by atoms with Crippen LogP contribution in [0.15, 0.2) is 6.07 Å². The molecule has 1 heterocycles. The zero-order valence-electron chi connectivity index (χ0n) is 9.46. The predicted molar refractivity (Wildman–Crippen MR) is 73.4 cm³/mol. The number of aryl methyl sites for hydroxylation is 1. The Morgan fingerprint density at radius 1 is 1.50 bits per heavy atom. The monoisotopic (exact) mass is 278 g/mol. The van der Waals surface area contributed by atoms with E-state index < -0.39 is 0 Å². The van der Waals surface area contributed by atoms with Crippen LogP contribution in [0.4, 0.5) is 0 Å². The number of rotatable bonds is 5. The van der Waals surface area contributed by atoms with Crippen molar-refractivity contribution in [3.05, 3.63) is 27.5 Å². The van der Waals surface area contributed by atoms with Gasteiger partial charge in [-0.25, -0.2) is 4.98 Å². The Hall–Kier alpha value is 0.0400. The maximum atomic E-state index is 6.13. The van der Waals surface area contributed by atoms with E-state index in [-0.39, 0.29) is 0 Å². The smallest absolute Gasteiger partial charge is 0.134 e. The molecule has 0 aromatic carbocycles. The van der Waals surface area contributed by atoms with Crippen molar-refractivity contribution < 1.29 is 0 Å². The van der Waals surface area contributed by atoms with E-state index >= 15 is 0 Å². The van der Waals surface area contributed by atoms with Gasteiger partial charge < -0.3 is 5.73 Å². The van der Waals surface area contributed by atoms with Gasteiger partial charge in [-0.1, -0.05) is 30.1 Å². The second kappa shape index (κ2) is 6.70. The lowest BCUT2D eigenvalue weighted by Crippen LogP contribution is -2.07. The Kier molecular flexibility index (Phi) is 5.90. The fourth-order valence-electron chi connectivity index (χ4n) is 1.30. The van der Waals surface area contributed by atoms with Gasteiger partial charge in [0.05, 0.1) is 0 Å².